The van der Waals surface area contributed by atoms with Crippen LogP contribution in [0.4, 0.5) is 8.78 Å². The second kappa shape index (κ2) is 6.66. The summed E-state index contributed by atoms with van der Waals surface area (Å²) >= 11 is 9.28. The number of hydrogen-bond donors (Lipinski definition) is 1. The van der Waals surface area contributed by atoms with E-state index in [1.54, 1.807) is 6.07 Å². The van der Waals surface area contributed by atoms with Crippen molar-refractivity contribution in [2.24, 2.45) is 0 Å². The fourth-order valence-corrected chi connectivity index (χ4v) is 2.43. The van der Waals surface area contributed by atoms with Gasteiger partial charge in [-0.15, -0.1) is 0 Å². The SMILES string of the molecule is CC(NCc1ccc(Cl)c(Br)c1)c1ccc(F)cc1F. The molecule has 1 unspecified atom stereocenters. The number of rotatable bonds is 4. The molecule has 5 heteroatoms. The Hall–Kier alpha value is -0.970. The van der Waals surface area contributed by atoms with Crippen molar-refractivity contribution in [3.8, 4) is 0 Å². The van der Waals surface area contributed by atoms with Crippen LogP contribution in [0.5, 0.6) is 0 Å². The number of nitrogens with one attached hydrogen (secondary N) is 1. The Morgan fingerprint density at radius 2 is 1.95 bits per heavy atom. The molecule has 2 rings (SSSR count). The minimum atomic E-state index is -0.569. The molecule has 0 aromatic heterocycles. The molecule has 2 aromatic carbocycles. The van der Waals surface area contributed by atoms with Crippen LogP contribution >= 0.6 is 27.5 Å². The fourth-order valence-electron chi connectivity index (χ4n) is 1.88. The molecule has 0 aliphatic rings. The van der Waals surface area contributed by atoms with Gasteiger partial charge in [0.25, 0.3) is 0 Å². The maximum absolute atomic E-state index is 13.6. The van der Waals surface area contributed by atoms with E-state index in [-0.39, 0.29) is 6.04 Å². The zero-order valence-electron chi connectivity index (χ0n) is 10.8. The first-order valence-corrected chi connectivity index (χ1v) is 7.26. The summed E-state index contributed by atoms with van der Waals surface area (Å²) in [7, 11) is 0. The number of halogens is 4. The largest absolute Gasteiger partial charge is 0.306 e. The monoisotopic (exact) mass is 359 g/mol. The molecule has 0 bridgehead atoms. The highest BCUT2D eigenvalue weighted by molar-refractivity contribution is 9.10. The molecule has 0 amide bonds. The molecule has 1 nitrogen and oxygen atoms in total. The van der Waals surface area contributed by atoms with Gasteiger partial charge in [-0.05, 0) is 46.6 Å². The van der Waals surface area contributed by atoms with Gasteiger partial charge in [0.2, 0.25) is 0 Å². The summed E-state index contributed by atoms with van der Waals surface area (Å²) in [5.41, 5.74) is 1.47. The van der Waals surface area contributed by atoms with Crippen LogP contribution in [-0.4, -0.2) is 0 Å². The smallest absolute Gasteiger partial charge is 0.130 e. The quantitative estimate of drug-likeness (QED) is 0.787. The van der Waals surface area contributed by atoms with Gasteiger partial charge in [0.15, 0.2) is 0 Å². The Morgan fingerprint density at radius 3 is 2.60 bits per heavy atom. The Labute approximate surface area is 130 Å². The van der Waals surface area contributed by atoms with Gasteiger partial charge in [0, 0.05) is 28.7 Å². The van der Waals surface area contributed by atoms with Gasteiger partial charge in [0.05, 0.1) is 5.02 Å². The van der Waals surface area contributed by atoms with Crippen molar-refractivity contribution in [1.82, 2.24) is 5.32 Å². The van der Waals surface area contributed by atoms with Crippen molar-refractivity contribution in [1.29, 1.82) is 0 Å². The first kappa shape index (κ1) is 15.4. The zero-order chi connectivity index (χ0) is 14.7. The molecule has 0 aliphatic carbocycles. The van der Waals surface area contributed by atoms with Gasteiger partial charge in [-0.1, -0.05) is 23.7 Å². The Morgan fingerprint density at radius 1 is 1.20 bits per heavy atom. The molecular weight excluding hydrogens is 348 g/mol. The molecule has 106 valence electrons. The minimum absolute atomic E-state index is 0.218. The standard InChI is InChI=1S/C15H13BrClF2N/c1-9(12-4-3-11(18)7-15(12)19)20-8-10-2-5-14(17)13(16)6-10/h2-7,9,20H,8H2,1H3. The summed E-state index contributed by atoms with van der Waals surface area (Å²) in [6, 6.07) is 9.00. The van der Waals surface area contributed by atoms with Crippen LogP contribution in [0.15, 0.2) is 40.9 Å². The van der Waals surface area contributed by atoms with Crippen LogP contribution in [0.25, 0.3) is 0 Å². The van der Waals surface area contributed by atoms with E-state index >= 15 is 0 Å². The van der Waals surface area contributed by atoms with E-state index in [1.165, 1.54) is 12.1 Å². The summed E-state index contributed by atoms with van der Waals surface area (Å²) in [6.07, 6.45) is 0. The first-order chi connectivity index (χ1) is 9.47. The highest BCUT2D eigenvalue weighted by Gasteiger charge is 2.11. The second-order valence-corrected chi connectivity index (χ2v) is 5.78. The topological polar surface area (TPSA) is 12.0 Å². The van der Waals surface area contributed by atoms with Crippen LogP contribution in [0.3, 0.4) is 0 Å². The lowest BCUT2D eigenvalue weighted by molar-refractivity contribution is 0.517. The van der Waals surface area contributed by atoms with Crippen molar-refractivity contribution in [3.05, 3.63) is 68.7 Å². The summed E-state index contributed by atoms with van der Waals surface area (Å²) in [5, 5.41) is 3.84. The lowest BCUT2D eigenvalue weighted by Gasteiger charge is -2.15. The zero-order valence-corrected chi connectivity index (χ0v) is 13.1. The molecule has 0 heterocycles. The van der Waals surface area contributed by atoms with Crippen molar-refractivity contribution in [3.63, 3.8) is 0 Å². The number of hydrogen-bond acceptors (Lipinski definition) is 1. The summed E-state index contributed by atoms with van der Waals surface area (Å²) < 4.78 is 27.3. The molecule has 1 N–H and O–H groups in total. The number of benzene rings is 2. The molecule has 0 radical (unpaired) electrons. The van der Waals surface area contributed by atoms with Gasteiger partial charge in [-0.25, -0.2) is 8.78 Å². The van der Waals surface area contributed by atoms with Crippen LogP contribution < -0.4 is 5.32 Å². The summed E-state index contributed by atoms with van der Waals surface area (Å²) in [6.45, 7) is 2.40. The third kappa shape index (κ3) is 3.78. The minimum Gasteiger partial charge on any atom is -0.306 e. The van der Waals surface area contributed by atoms with E-state index in [4.69, 9.17) is 11.6 Å². The molecule has 0 saturated carbocycles. The molecule has 0 aliphatic heterocycles. The fraction of sp³-hybridized carbons (Fsp3) is 0.200. The van der Waals surface area contributed by atoms with Crippen LogP contribution in [0, 0.1) is 11.6 Å². The second-order valence-electron chi connectivity index (χ2n) is 4.52. The van der Waals surface area contributed by atoms with E-state index in [1.807, 2.05) is 19.1 Å². The molecular formula is C15H13BrClF2N. The van der Waals surface area contributed by atoms with E-state index < -0.39 is 11.6 Å². The van der Waals surface area contributed by atoms with Crippen LogP contribution in [0.1, 0.15) is 24.1 Å². The molecule has 1 atom stereocenters. The van der Waals surface area contributed by atoms with Gasteiger partial charge < -0.3 is 5.32 Å². The maximum atomic E-state index is 13.6. The lowest BCUT2D eigenvalue weighted by Crippen LogP contribution is -2.19. The first-order valence-electron chi connectivity index (χ1n) is 6.09. The van der Waals surface area contributed by atoms with E-state index in [2.05, 4.69) is 21.2 Å². The Balaban J connectivity index is 2.04. The van der Waals surface area contributed by atoms with Crippen molar-refractivity contribution in [2.75, 3.05) is 0 Å². The Bertz CT molecular complexity index is 619. The van der Waals surface area contributed by atoms with Gasteiger partial charge >= 0.3 is 0 Å². The Kier molecular flexibility index (Phi) is 5.13. The normalized spacial score (nSPS) is 12.4. The highest BCUT2D eigenvalue weighted by Crippen LogP contribution is 2.24. The average Bonchev–Trinajstić information content (AvgIpc) is 2.40. The maximum Gasteiger partial charge on any atom is 0.130 e. The van der Waals surface area contributed by atoms with Crippen LogP contribution in [-0.2, 0) is 6.54 Å². The molecule has 20 heavy (non-hydrogen) atoms. The molecule has 2 aromatic rings. The third-order valence-electron chi connectivity index (χ3n) is 3.03. The van der Waals surface area contributed by atoms with E-state index in [9.17, 15) is 8.78 Å². The summed E-state index contributed by atoms with van der Waals surface area (Å²) in [5.74, 6) is -1.11. The predicted octanol–water partition coefficient (Wildman–Crippen LogP) is 5.23. The summed E-state index contributed by atoms with van der Waals surface area (Å²) in [4.78, 5) is 0. The van der Waals surface area contributed by atoms with Crippen molar-refractivity contribution >= 4 is 27.5 Å². The van der Waals surface area contributed by atoms with Gasteiger partial charge in [-0.3, -0.25) is 0 Å². The van der Waals surface area contributed by atoms with E-state index in [0.29, 0.717) is 17.1 Å². The lowest BCUT2D eigenvalue weighted by atomic mass is 10.1. The highest BCUT2D eigenvalue weighted by atomic mass is 79.9. The van der Waals surface area contributed by atoms with Gasteiger partial charge in [-0.2, -0.15) is 0 Å². The van der Waals surface area contributed by atoms with Crippen molar-refractivity contribution in [2.45, 2.75) is 19.5 Å². The third-order valence-corrected chi connectivity index (χ3v) is 4.24. The van der Waals surface area contributed by atoms with Crippen molar-refractivity contribution < 1.29 is 8.78 Å². The molecule has 0 saturated heterocycles. The van der Waals surface area contributed by atoms with E-state index in [0.717, 1.165) is 16.1 Å². The molecule has 0 fully saturated rings. The van der Waals surface area contributed by atoms with Crippen LogP contribution in [0.2, 0.25) is 5.02 Å². The predicted molar refractivity (Wildman–Crippen MR) is 80.8 cm³/mol. The van der Waals surface area contributed by atoms with Gasteiger partial charge in [0.1, 0.15) is 11.6 Å². The molecule has 0 spiro atoms. The average molecular weight is 361 g/mol.